The Balaban J connectivity index is 1.91. The van der Waals surface area contributed by atoms with E-state index in [1.807, 2.05) is 20.0 Å². The van der Waals surface area contributed by atoms with E-state index in [4.69, 9.17) is 4.42 Å². The van der Waals surface area contributed by atoms with Crippen molar-refractivity contribution in [1.82, 2.24) is 4.98 Å². The Morgan fingerprint density at radius 3 is 2.79 bits per heavy atom. The van der Waals surface area contributed by atoms with Crippen LogP contribution in [0.1, 0.15) is 17.0 Å². The third-order valence-electron chi connectivity index (χ3n) is 3.18. The van der Waals surface area contributed by atoms with Crippen LogP contribution in [0.5, 0.6) is 0 Å². The lowest BCUT2D eigenvalue weighted by atomic mass is 10.0. The summed E-state index contributed by atoms with van der Waals surface area (Å²) in [7, 11) is 1.93. The Labute approximate surface area is 112 Å². The maximum Gasteiger partial charge on any atom is 0.192 e. The second-order valence-corrected chi connectivity index (χ2v) is 4.66. The zero-order valence-electron chi connectivity index (χ0n) is 11.1. The monoisotopic (exact) mass is 252 g/mol. The number of nitrogens with one attached hydrogen (secondary N) is 1. The molecule has 0 saturated heterocycles. The van der Waals surface area contributed by atoms with Gasteiger partial charge in [-0.25, -0.2) is 4.98 Å². The fraction of sp³-hybridized carbons (Fsp3) is 0.188. The van der Waals surface area contributed by atoms with E-state index >= 15 is 0 Å². The molecule has 2 aromatic carbocycles. The molecular weight excluding hydrogens is 236 g/mol. The SMILES string of the molecule is CNc1cccc(Cc2ccc3nc(C)oc3c2)c1. The second kappa shape index (κ2) is 4.76. The van der Waals surface area contributed by atoms with Crippen molar-refractivity contribution in [3.8, 4) is 0 Å². The van der Waals surface area contributed by atoms with Crippen molar-refractivity contribution < 1.29 is 4.42 Å². The number of anilines is 1. The zero-order valence-corrected chi connectivity index (χ0v) is 11.1. The molecule has 3 aromatic rings. The Morgan fingerprint density at radius 2 is 1.95 bits per heavy atom. The summed E-state index contributed by atoms with van der Waals surface area (Å²) in [4.78, 5) is 4.31. The second-order valence-electron chi connectivity index (χ2n) is 4.66. The number of aromatic nitrogens is 1. The molecule has 1 heterocycles. The minimum Gasteiger partial charge on any atom is -0.441 e. The van der Waals surface area contributed by atoms with Crippen LogP contribution in [0.2, 0.25) is 0 Å². The summed E-state index contributed by atoms with van der Waals surface area (Å²) < 4.78 is 5.57. The first kappa shape index (κ1) is 11.8. The van der Waals surface area contributed by atoms with Crippen LogP contribution >= 0.6 is 0 Å². The van der Waals surface area contributed by atoms with E-state index in [0.29, 0.717) is 5.89 Å². The molecular formula is C16H16N2O. The predicted molar refractivity (Wildman–Crippen MR) is 77.5 cm³/mol. The third-order valence-corrected chi connectivity index (χ3v) is 3.18. The van der Waals surface area contributed by atoms with E-state index in [9.17, 15) is 0 Å². The summed E-state index contributed by atoms with van der Waals surface area (Å²) in [6.07, 6.45) is 0.894. The first-order valence-corrected chi connectivity index (χ1v) is 6.37. The van der Waals surface area contributed by atoms with E-state index in [-0.39, 0.29) is 0 Å². The van der Waals surface area contributed by atoms with E-state index in [0.717, 1.165) is 23.2 Å². The largest absolute Gasteiger partial charge is 0.441 e. The fourth-order valence-corrected chi connectivity index (χ4v) is 2.27. The molecule has 0 fully saturated rings. The summed E-state index contributed by atoms with van der Waals surface area (Å²) in [5, 5.41) is 3.16. The number of hydrogen-bond donors (Lipinski definition) is 1. The third kappa shape index (κ3) is 2.45. The average Bonchev–Trinajstić information content (AvgIpc) is 2.78. The molecule has 0 unspecified atom stereocenters. The van der Waals surface area contributed by atoms with Gasteiger partial charge in [-0.05, 0) is 41.8 Å². The summed E-state index contributed by atoms with van der Waals surface area (Å²) >= 11 is 0. The quantitative estimate of drug-likeness (QED) is 0.771. The van der Waals surface area contributed by atoms with Crippen LogP contribution in [-0.2, 0) is 6.42 Å². The molecule has 0 aliphatic heterocycles. The number of nitrogens with zero attached hydrogens (tertiary/aromatic N) is 1. The lowest BCUT2D eigenvalue weighted by Gasteiger charge is -2.05. The van der Waals surface area contributed by atoms with Crippen molar-refractivity contribution in [2.45, 2.75) is 13.3 Å². The zero-order chi connectivity index (χ0) is 13.2. The number of aryl methyl sites for hydroxylation is 1. The minimum atomic E-state index is 0.712. The first-order chi connectivity index (χ1) is 9.24. The van der Waals surface area contributed by atoms with Crippen LogP contribution in [0, 0.1) is 6.92 Å². The molecule has 1 aromatic heterocycles. The number of rotatable bonds is 3. The predicted octanol–water partition coefficient (Wildman–Crippen LogP) is 3.77. The topological polar surface area (TPSA) is 38.1 Å². The van der Waals surface area contributed by atoms with E-state index < -0.39 is 0 Å². The summed E-state index contributed by atoms with van der Waals surface area (Å²) in [5.74, 6) is 0.712. The number of fused-ring (bicyclic) bond motifs is 1. The van der Waals surface area contributed by atoms with Crippen LogP contribution < -0.4 is 5.32 Å². The van der Waals surface area contributed by atoms with Crippen molar-refractivity contribution >= 4 is 16.8 Å². The van der Waals surface area contributed by atoms with Gasteiger partial charge in [0, 0.05) is 19.7 Å². The highest BCUT2D eigenvalue weighted by molar-refractivity contribution is 5.73. The standard InChI is InChI=1S/C16H16N2O/c1-11-18-15-7-6-13(10-16(15)19-11)8-12-4-3-5-14(9-12)17-2/h3-7,9-10,17H,8H2,1-2H3. The van der Waals surface area contributed by atoms with Crippen LogP contribution in [0.15, 0.2) is 46.9 Å². The van der Waals surface area contributed by atoms with Gasteiger partial charge in [-0.2, -0.15) is 0 Å². The molecule has 0 bridgehead atoms. The van der Waals surface area contributed by atoms with Gasteiger partial charge in [-0.3, -0.25) is 0 Å². The summed E-state index contributed by atoms with van der Waals surface area (Å²) in [6.45, 7) is 1.87. The van der Waals surface area contributed by atoms with Crippen LogP contribution in [0.4, 0.5) is 5.69 Å². The highest BCUT2D eigenvalue weighted by Gasteiger charge is 2.04. The summed E-state index contributed by atoms with van der Waals surface area (Å²) in [6, 6.07) is 14.6. The van der Waals surface area contributed by atoms with Gasteiger partial charge in [-0.1, -0.05) is 18.2 Å². The molecule has 0 radical (unpaired) electrons. The fourth-order valence-electron chi connectivity index (χ4n) is 2.27. The van der Waals surface area contributed by atoms with Crippen molar-refractivity contribution in [2.75, 3.05) is 12.4 Å². The molecule has 0 amide bonds. The molecule has 96 valence electrons. The van der Waals surface area contributed by atoms with Crippen molar-refractivity contribution in [2.24, 2.45) is 0 Å². The van der Waals surface area contributed by atoms with Crippen LogP contribution in [-0.4, -0.2) is 12.0 Å². The molecule has 0 spiro atoms. The first-order valence-electron chi connectivity index (χ1n) is 6.37. The highest BCUT2D eigenvalue weighted by atomic mass is 16.3. The van der Waals surface area contributed by atoms with E-state index in [1.165, 1.54) is 11.1 Å². The van der Waals surface area contributed by atoms with Gasteiger partial charge in [0.1, 0.15) is 5.52 Å². The number of hydrogen-bond acceptors (Lipinski definition) is 3. The van der Waals surface area contributed by atoms with Gasteiger partial charge in [0.25, 0.3) is 0 Å². The van der Waals surface area contributed by atoms with E-state index in [1.54, 1.807) is 0 Å². The smallest absolute Gasteiger partial charge is 0.192 e. The van der Waals surface area contributed by atoms with Gasteiger partial charge < -0.3 is 9.73 Å². The van der Waals surface area contributed by atoms with Gasteiger partial charge in [-0.15, -0.1) is 0 Å². The Bertz CT molecular complexity index is 716. The Morgan fingerprint density at radius 1 is 1.11 bits per heavy atom. The van der Waals surface area contributed by atoms with Crippen molar-refractivity contribution in [3.05, 3.63) is 59.5 Å². The number of oxazole rings is 1. The van der Waals surface area contributed by atoms with Gasteiger partial charge in [0.15, 0.2) is 11.5 Å². The highest BCUT2D eigenvalue weighted by Crippen LogP contribution is 2.20. The molecule has 0 aliphatic rings. The molecule has 0 aliphatic carbocycles. The average molecular weight is 252 g/mol. The van der Waals surface area contributed by atoms with Gasteiger partial charge >= 0.3 is 0 Å². The molecule has 3 nitrogen and oxygen atoms in total. The van der Waals surface area contributed by atoms with Crippen LogP contribution in [0.3, 0.4) is 0 Å². The van der Waals surface area contributed by atoms with Gasteiger partial charge in [0.2, 0.25) is 0 Å². The molecule has 1 N–H and O–H groups in total. The molecule has 3 rings (SSSR count). The van der Waals surface area contributed by atoms with Crippen LogP contribution in [0.25, 0.3) is 11.1 Å². The Kier molecular flexibility index (Phi) is 2.95. The lowest BCUT2D eigenvalue weighted by Crippen LogP contribution is -1.92. The minimum absolute atomic E-state index is 0.712. The number of benzene rings is 2. The maximum atomic E-state index is 5.57. The molecule has 0 atom stereocenters. The maximum absolute atomic E-state index is 5.57. The van der Waals surface area contributed by atoms with E-state index in [2.05, 4.69) is 46.7 Å². The van der Waals surface area contributed by atoms with Crippen molar-refractivity contribution in [1.29, 1.82) is 0 Å². The van der Waals surface area contributed by atoms with Gasteiger partial charge in [0.05, 0.1) is 0 Å². The lowest BCUT2D eigenvalue weighted by molar-refractivity contribution is 0.561. The molecule has 0 saturated carbocycles. The molecule has 19 heavy (non-hydrogen) atoms. The van der Waals surface area contributed by atoms with Crippen molar-refractivity contribution in [3.63, 3.8) is 0 Å². The summed E-state index contributed by atoms with van der Waals surface area (Å²) in [5.41, 5.74) is 5.43. The Hall–Kier alpha value is -2.29. The normalized spacial score (nSPS) is 10.8. The molecule has 3 heteroatoms.